The molecule has 0 saturated heterocycles. The fraction of sp³-hybridized carbons (Fsp3) is 0.111. The van der Waals surface area contributed by atoms with E-state index in [1.165, 1.54) is 11.3 Å². The number of para-hydroxylation sites is 1. The molecule has 0 aliphatic heterocycles. The van der Waals surface area contributed by atoms with Crippen molar-refractivity contribution in [3.05, 3.63) is 71.2 Å². The third kappa shape index (κ3) is 4.14. The van der Waals surface area contributed by atoms with Crippen LogP contribution in [0.2, 0.25) is 0 Å². The number of allylic oxidation sites excluding steroid dienone is 1. The first-order valence-corrected chi connectivity index (χ1v) is 11.6. The van der Waals surface area contributed by atoms with Gasteiger partial charge in [0.15, 0.2) is 11.5 Å². The molecule has 0 aliphatic rings. The normalized spacial score (nSPS) is 11.4. The number of hydrogen-bond acceptors (Lipinski definition) is 8. The predicted octanol–water partition coefficient (Wildman–Crippen LogP) is 6.71. The van der Waals surface area contributed by atoms with E-state index in [1.807, 2.05) is 60.0 Å². The maximum absolute atomic E-state index is 9.80. The second-order valence-corrected chi connectivity index (χ2v) is 8.43. The van der Waals surface area contributed by atoms with Gasteiger partial charge in [-0.3, -0.25) is 0 Å². The van der Waals surface area contributed by atoms with Gasteiger partial charge in [0, 0.05) is 34.0 Å². The van der Waals surface area contributed by atoms with E-state index in [1.54, 1.807) is 27.5 Å². The number of benzene rings is 3. The molecule has 0 bridgehead atoms. The van der Waals surface area contributed by atoms with Crippen molar-refractivity contribution in [2.75, 3.05) is 26.6 Å². The summed E-state index contributed by atoms with van der Waals surface area (Å²) in [4.78, 5) is 4.66. The molecule has 0 spiro atoms. The van der Waals surface area contributed by atoms with Crippen LogP contribution in [0.3, 0.4) is 0 Å². The smallest absolute Gasteiger partial charge is 0.161 e. The zero-order valence-electron chi connectivity index (χ0n) is 19.3. The van der Waals surface area contributed by atoms with Crippen LogP contribution in [0.1, 0.15) is 5.01 Å². The first kappa shape index (κ1) is 22.3. The van der Waals surface area contributed by atoms with Crippen LogP contribution in [0.5, 0.6) is 17.2 Å². The van der Waals surface area contributed by atoms with Crippen LogP contribution in [-0.4, -0.2) is 26.3 Å². The van der Waals surface area contributed by atoms with Crippen LogP contribution in [0, 0.1) is 11.3 Å². The number of nitrogens with one attached hydrogen (secondary N) is 1. The Hall–Kier alpha value is -4.48. The third-order valence-electron chi connectivity index (χ3n) is 5.61. The molecule has 5 rings (SSSR count). The van der Waals surface area contributed by atoms with Crippen molar-refractivity contribution < 1.29 is 18.6 Å². The number of thiazole rings is 1. The number of aromatic nitrogens is 1. The third-order valence-corrected chi connectivity index (χ3v) is 6.48. The highest BCUT2D eigenvalue weighted by Crippen LogP contribution is 2.37. The zero-order chi connectivity index (χ0) is 24.4. The van der Waals surface area contributed by atoms with Gasteiger partial charge in [0.25, 0.3) is 0 Å². The molecule has 3 aromatic carbocycles. The SMILES string of the molecule is COc1cc2c(cc1N/C=C(\C#N)c1nc(-c3ccc(OC)c(OC)c3)cs1)oc1ccccc12. The first-order valence-electron chi connectivity index (χ1n) is 10.7. The molecule has 0 radical (unpaired) electrons. The quantitative estimate of drug-likeness (QED) is 0.257. The molecule has 0 unspecified atom stereocenters. The molecule has 0 fully saturated rings. The van der Waals surface area contributed by atoms with E-state index in [4.69, 9.17) is 18.6 Å². The Balaban J connectivity index is 1.45. The van der Waals surface area contributed by atoms with Gasteiger partial charge in [-0.15, -0.1) is 11.3 Å². The number of nitriles is 1. The molecule has 7 nitrogen and oxygen atoms in total. The fourth-order valence-corrected chi connectivity index (χ4v) is 4.65. The highest BCUT2D eigenvalue weighted by Gasteiger charge is 2.14. The highest BCUT2D eigenvalue weighted by atomic mass is 32.1. The van der Waals surface area contributed by atoms with Gasteiger partial charge in [-0.2, -0.15) is 5.26 Å². The Morgan fingerprint density at radius 2 is 1.74 bits per heavy atom. The molecule has 0 saturated carbocycles. The minimum Gasteiger partial charge on any atom is -0.495 e. The molecule has 2 heterocycles. The number of nitrogens with zero attached hydrogens (tertiary/aromatic N) is 2. The van der Waals surface area contributed by atoms with Crippen molar-refractivity contribution in [3.8, 4) is 34.6 Å². The average Bonchev–Trinajstić information content (AvgIpc) is 3.53. The van der Waals surface area contributed by atoms with E-state index in [-0.39, 0.29) is 0 Å². The van der Waals surface area contributed by atoms with Crippen LogP contribution in [0.4, 0.5) is 5.69 Å². The monoisotopic (exact) mass is 483 g/mol. The van der Waals surface area contributed by atoms with E-state index in [0.717, 1.165) is 33.2 Å². The Kier molecular flexibility index (Phi) is 6.00. The summed E-state index contributed by atoms with van der Waals surface area (Å²) in [5.41, 5.74) is 4.23. The van der Waals surface area contributed by atoms with Crippen LogP contribution in [0.25, 0.3) is 38.8 Å². The number of hydrogen-bond donors (Lipinski definition) is 1. The molecule has 8 heteroatoms. The molecular weight excluding hydrogens is 462 g/mol. The van der Waals surface area contributed by atoms with E-state index >= 15 is 0 Å². The molecule has 0 aliphatic carbocycles. The topological polar surface area (TPSA) is 89.5 Å². The van der Waals surface area contributed by atoms with Crippen molar-refractivity contribution in [2.24, 2.45) is 0 Å². The fourth-order valence-electron chi connectivity index (χ4n) is 3.85. The number of rotatable bonds is 7. The van der Waals surface area contributed by atoms with Crippen LogP contribution >= 0.6 is 11.3 Å². The average molecular weight is 484 g/mol. The minimum atomic E-state index is 0.397. The highest BCUT2D eigenvalue weighted by molar-refractivity contribution is 7.11. The summed E-state index contributed by atoms with van der Waals surface area (Å²) in [6.45, 7) is 0. The lowest BCUT2D eigenvalue weighted by Crippen LogP contribution is -1.95. The summed E-state index contributed by atoms with van der Waals surface area (Å²) < 4.78 is 22.3. The predicted molar refractivity (Wildman–Crippen MR) is 138 cm³/mol. The summed E-state index contributed by atoms with van der Waals surface area (Å²) in [6.07, 6.45) is 1.63. The molecular formula is C27H21N3O4S. The summed E-state index contributed by atoms with van der Waals surface area (Å²) in [5, 5.41) is 17.5. The molecule has 1 N–H and O–H groups in total. The van der Waals surface area contributed by atoms with E-state index in [2.05, 4.69) is 16.4 Å². The largest absolute Gasteiger partial charge is 0.495 e. The van der Waals surface area contributed by atoms with Crippen molar-refractivity contribution in [2.45, 2.75) is 0 Å². The Bertz CT molecular complexity index is 1610. The molecule has 35 heavy (non-hydrogen) atoms. The summed E-state index contributed by atoms with van der Waals surface area (Å²) in [5.74, 6) is 1.90. The van der Waals surface area contributed by atoms with Gasteiger partial charge in [-0.25, -0.2) is 4.98 Å². The van der Waals surface area contributed by atoms with Gasteiger partial charge >= 0.3 is 0 Å². The zero-order valence-corrected chi connectivity index (χ0v) is 20.1. The van der Waals surface area contributed by atoms with Crippen molar-refractivity contribution in [1.82, 2.24) is 4.98 Å². The van der Waals surface area contributed by atoms with Gasteiger partial charge in [0.2, 0.25) is 0 Å². The number of furan rings is 1. The van der Waals surface area contributed by atoms with E-state index in [0.29, 0.717) is 33.5 Å². The first-order chi connectivity index (χ1) is 17.1. The van der Waals surface area contributed by atoms with Crippen molar-refractivity contribution in [1.29, 1.82) is 5.26 Å². The lowest BCUT2D eigenvalue weighted by atomic mass is 10.1. The number of anilines is 1. The number of methoxy groups -OCH3 is 3. The van der Waals surface area contributed by atoms with E-state index in [9.17, 15) is 5.26 Å². The minimum absolute atomic E-state index is 0.397. The molecule has 0 amide bonds. The van der Waals surface area contributed by atoms with Crippen LogP contribution < -0.4 is 19.5 Å². The molecule has 2 aromatic heterocycles. The Morgan fingerprint density at radius 1 is 0.943 bits per heavy atom. The summed E-state index contributed by atoms with van der Waals surface area (Å²) >= 11 is 1.39. The van der Waals surface area contributed by atoms with Crippen LogP contribution in [-0.2, 0) is 0 Å². The lowest BCUT2D eigenvalue weighted by molar-refractivity contribution is 0.355. The van der Waals surface area contributed by atoms with E-state index < -0.39 is 0 Å². The van der Waals surface area contributed by atoms with Gasteiger partial charge in [0.1, 0.15) is 33.6 Å². The number of fused-ring (bicyclic) bond motifs is 3. The van der Waals surface area contributed by atoms with Crippen molar-refractivity contribution >= 4 is 44.5 Å². The Morgan fingerprint density at radius 3 is 2.51 bits per heavy atom. The molecule has 0 atom stereocenters. The summed E-state index contributed by atoms with van der Waals surface area (Å²) in [7, 11) is 4.80. The molecule has 174 valence electrons. The van der Waals surface area contributed by atoms with Crippen LogP contribution in [0.15, 0.2) is 70.6 Å². The van der Waals surface area contributed by atoms with Gasteiger partial charge < -0.3 is 23.9 Å². The number of ether oxygens (including phenoxy) is 3. The maximum Gasteiger partial charge on any atom is 0.161 e. The molecule has 5 aromatic rings. The lowest BCUT2D eigenvalue weighted by Gasteiger charge is -2.09. The van der Waals surface area contributed by atoms with Gasteiger partial charge in [-0.05, 0) is 30.3 Å². The maximum atomic E-state index is 9.80. The van der Waals surface area contributed by atoms with Gasteiger partial charge in [0.05, 0.1) is 32.7 Å². The standard InChI is InChI=1S/C27H21N3O4S/c1-31-23-9-8-16(10-26(23)33-3)21-15-35-27(30-21)17(13-28)14-29-20-12-24-19(11-25(20)32-2)18-6-4-5-7-22(18)34-24/h4-12,14-15,29H,1-3H3/b17-14+. The van der Waals surface area contributed by atoms with Gasteiger partial charge in [-0.1, -0.05) is 18.2 Å². The summed E-state index contributed by atoms with van der Waals surface area (Å²) in [6, 6.07) is 19.5. The Labute approximate surface area is 205 Å². The second-order valence-electron chi connectivity index (χ2n) is 7.57. The second kappa shape index (κ2) is 9.41. The van der Waals surface area contributed by atoms with Crippen molar-refractivity contribution in [3.63, 3.8) is 0 Å².